The first kappa shape index (κ1) is 16.0. The number of hydrogen-bond acceptors (Lipinski definition) is 3. The molecule has 1 fully saturated rings. The molecule has 0 bridgehead atoms. The van der Waals surface area contributed by atoms with Gasteiger partial charge in [0, 0.05) is 18.7 Å². The summed E-state index contributed by atoms with van der Waals surface area (Å²) in [5.41, 5.74) is -1.27. The average molecular weight is 310 g/mol. The Balaban J connectivity index is 2.25. The second-order valence-electron chi connectivity index (χ2n) is 5.04. The number of rotatable bonds is 3. The molecule has 1 amide bonds. The molecule has 1 aliphatic heterocycles. The summed E-state index contributed by atoms with van der Waals surface area (Å²) in [6.45, 7) is 0.930. The topological polar surface area (TPSA) is 61.2 Å². The molecular weight excluding hydrogens is 297 g/mol. The van der Waals surface area contributed by atoms with E-state index in [0.29, 0.717) is 19.2 Å². The van der Waals surface area contributed by atoms with E-state index >= 15 is 0 Å². The van der Waals surface area contributed by atoms with Crippen LogP contribution in [-0.4, -0.2) is 29.7 Å². The van der Waals surface area contributed by atoms with E-state index in [0.717, 1.165) is 25.0 Å². The van der Waals surface area contributed by atoms with Crippen LogP contribution in [0.15, 0.2) is 24.3 Å². The largest absolute Gasteiger partial charge is 0.416 e. The lowest BCUT2D eigenvalue weighted by atomic mass is 9.96. The summed E-state index contributed by atoms with van der Waals surface area (Å²) in [6, 6.07) is 5.39. The zero-order valence-corrected chi connectivity index (χ0v) is 11.6. The van der Waals surface area contributed by atoms with E-state index in [1.165, 1.54) is 11.0 Å². The molecule has 22 heavy (non-hydrogen) atoms. The van der Waals surface area contributed by atoms with Crippen LogP contribution in [0, 0.1) is 17.2 Å². The number of amides is 1. The lowest BCUT2D eigenvalue weighted by Gasteiger charge is -2.18. The average Bonchev–Trinajstić information content (AvgIpc) is 3.01. The first-order chi connectivity index (χ1) is 10.3. The van der Waals surface area contributed by atoms with Crippen molar-refractivity contribution < 1.29 is 22.8 Å². The number of nitriles is 1. The third-order valence-corrected chi connectivity index (χ3v) is 3.53. The van der Waals surface area contributed by atoms with E-state index in [1.54, 1.807) is 6.07 Å². The highest BCUT2D eigenvalue weighted by molar-refractivity contribution is 6.12. The molecule has 0 aromatic heterocycles. The molecule has 4 nitrogen and oxygen atoms in total. The van der Waals surface area contributed by atoms with Crippen molar-refractivity contribution in [2.45, 2.75) is 19.0 Å². The van der Waals surface area contributed by atoms with Crippen molar-refractivity contribution in [1.29, 1.82) is 5.26 Å². The van der Waals surface area contributed by atoms with E-state index in [9.17, 15) is 22.8 Å². The molecule has 7 heteroatoms. The van der Waals surface area contributed by atoms with Gasteiger partial charge in [0.25, 0.3) is 0 Å². The first-order valence-corrected chi connectivity index (χ1v) is 6.74. The maximum atomic E-state index is 12.7. The monoisotopic (exact) mass is 310 g/mol. The van der Waals surface area contributed by atoms with Gasteiger partial charge in [0.2, 0.25) is 5.91 Å². The van der Waals surface area contributed by atoms with Gasteiger partial charge in [-0.15, -0.1) is 0 Å². The normalized spacial score (nSPS) is 16.2. The Morgan fingerprint density at radius 1 is 1.23 bits per heavy atom. The van der Waals surface area contributed by atoms with Crippen molar-refractivity contribution in [3.63, 3.8) is 0 Å². The highest BCUT2D eigenvalue weighted by atomic mass is 19.4. The third-order valence-electron chi connectivity index (χ3n) is 3.53. The minimum Gasteiger partial charge on any atom is -0.341 e. The quantitative estimate of drug-likeness (QED) is 0.637. The Bertz CT molecular complexity index is 628. The predicted molar refractivity (Wildman–Crippen MR) is 70.7 cm³/mol. The number of hydrogen-bond donors (Lipinski definition) is 0. The van der Waals surface area contributed by atoms with Crippen LogP contribution < -0.4 is 0 Å². The Labute approximate surface area is 125 Å². The molecule has 1 aromatic carbocycles. The molecule has 0 N–H and O–H groups in total. The highest BCUT2D eigenvalue weighted by Crippen LogP contribution is 2.30. The van der Waals surface area contributed by atoms with Crippen molar-refractivity contribution in [3.8, 4) is 6.07 Å². The van der Waals surface area contributed by atoms with Crippen LogP contribution in [0.3, 0.4) is 0 Å². The minimum absolute atomic E-state index is 0.283. The molecule has 0 saturated carbocycles. The summed E-state index contributed by atoms with van der Waals surface area (Å²) < 4.78 is 38.0. The smallest absolute Gasteiger partial charge is 0.341 e. The first-order valence-electron chi connectivity index (χ1n) is 6.74. The van der Waals surface area contributed by atoms with E-state index in [4.69, 9.17) is 5.26 Å². The minimum atomic E-state index is -4.59. The Kier molecular flexibility index (Phi) is 4.50. The number of alkyl halides is 3. The molecule has 1 atom stereocenters. The van der Waals surface area contributed by atoms with Crippen molar-refractivity contribution in [2.75, 3.05) is 13.1 Å². The van der Waals surface area contributed by atoms with Crippen LogP contribution >= 0.6 is 0 Å². The van der Waals surface area contributed by atoms with Gasteiger partial charge in [-0.3, -0.25) is 9.59 Å². The summed E-state index contributed by atoms with van der Waals surface area (Å²) in [6.07, 6.45) is -3.00. The van der Waals surface area contributed by atoms with Gasteiger partial charge < -0.3 is 4.90 Å². The Morgan fingerprint density at radius 2 is 1.86 bits per heavy atom. The van der Waals surface area contributed by atoms with Crippen LogP contribution in [-0.2, 0) is 11.0 Å². The maximum Gasteiger partial charge on any atom is 0.416 e. The van der Waals surface area contributed by atoms with Gasteiger partial charge in [-0.05, 0) is 25.0 Å². The van der Waals surface area contributed by atoms with Crippen LogP contribution in [0.1, 0.15) is 28.8 Å². The molecule has 2 rings (SSSR count). The molecule has 116 valence electrons. The summed E-state index contributed by atoms with van der Waals surface area (Å²) in [7, 11) is 0. The number of halogens is 3. The Morgan fingerprint density at radius 3 is 2.41 bits per heavy atom. The van der Waals surface area contributed by atoms with Crippen LogP contribution in [0.25, 0.3) is 0 Å². The molecule has 0 spiro atoms. The molecule has 0 radical (unpaired) electrons. The van der Waals surface area contributed by atoms with E-state index < -0.39 is 29.3 Å². The second kappa shape index (κ2) is 6.18. The maximum absolute atomic E-state index is 12.7. The van der Waals surface area contributed by atoms with Crippen LogP contribution in [0.2, 0.25) is 0 Å². The molecule has 1 aliphatic rings. The molecule has 1 saturated heterocycles. The van der Waals surface area contributed by atoms with Gasteiger partial charge in [-0.2, -0.15) is 18.4 Å². The van der Waals surface area contributed by atoms with Crippen molar-refractivity contribution in [1.82, 2.24) is 4.90 Å². The van der Waals surface area contributed by atoms with Crippen molar-refractivity contribution in [2.24, 2.45) is 5.92 Å². The number of carbonyl (C=O) groups excluding carboxylic acids is 2. The standard InChI is InChI=1S/C15H13F3N2O2/c16-15(17,18)11-5-3-4-10(8-11)13(21)12(9-19)14(22)20-6-1-2-7-20/h3-5,8,12H,1-2,6-7H2. The summed E-state index contributed by atoms with van der Waals surface area (Å²) >= 11 is 0. The van der Waals surface area contributed by atoms with E-state index in [2.05, 4.69) is 0 Å². The van der Waals surface area contributed by atoms with Crippen molar-refractivity contribution in [3.05, 3.63) is 35.4 Å². The highest BCUT2D eigenvalue weighted by Gasteiger charge is 2.35. The lowest BCUT2D eigenvalue weighted by molar-refractivity contribution is -0.137. The molecular formula is C15H13F3N2O2. The molecule has 1 unspecified atom stereocenters. The predicted octanol–water partition coefficient (Wildman–Crippen LogP) is 2.65. The van der Waals surface area contributed by atoms with Gasteiger partial charge in [0.15, 0.2) is 11.7 Å². The van der Waals surface area contributed by atoms with Crippen molar-refractivity contribution >= 4 is 11.7 Å². The molecule has 1 aromatic rings. The number of Topliss-reactive ketones (excluding diaryl/α,β-unsaturated/α-hetero) is 1. The SMILES string of the molecule is N#CC(C(=O)c1cccc(C(F)(F)F)c1)C(=O)N1CCCC1. The number of likely N-dealkylation sites (tertiary alicyclic amines) is 1. The third kappa shape index (κ3) is 3.27. The van der Waals surface area contributed by atoms with Gasteiger partial charge in [-0.1, -0.05) is 12.1 Å². The number of ketones is 1. The Hall–Kier alpha value is -2.36. The summed E-state index contributed by atoms with van der Waals surface area (Å²) in [4.78, 5) is 25.8. The van der Waals surface area contributed by atoms with E-state index in [1.807, 2.05) is 0 Å². The zero-order chi connectivity index (χ0) is 16.3. The van der Waals surface area contributed by atoms with Gasteiger partial charge in [0.05, 0.1) is 11.6 Å². The summed E-state index contributed by atoms with van der Waals surface area (Å²) in [5.74, 6) is -3.13. The van der Waals surface area contributed by atoms with Crippen LogP contribution in [0.5, 0.6) is 0 Å². The van der Waals surface area contributed by atoms with Gasteiger partial charge in [-0.25, -0.2) is 0 Å². The fourth-order valence-corrected chi connectivity index (χ4v) is 2.36. The second-order valence-corrected chi connectivity index (χ2v) is 5.04. The molecule has 0 aliphatic carbocycles. The lowest BCUT2D eigenvalue weighted by Crippen LogP contribution is -2.37. The van der Waals surface area contributed by atoms with Gasteiger partial charge >= 0.3 is 6.18 Å². The summed E-state index contributed by atoms with van der Waals surface area (Å²) in [5, 5.41) is 9.08. The molecule has 1 heterocycles. The zero-order valence-electron chi connectivity index (χ0n) is 11.6. The fraction of sp³-hybridized carbons (Fsp3) is 0.400. The fourth-order valence-electron chi connectivity index (χ4n) is 2.36. The van der Waals surface area contributed by atoms with Gasteiger partial charge in [0.1, 0.15) is 0 Å². The number of carbonyl (C=O) groups is 2. The van der Waals surface area contributed by atoms with Crippen LogP contribution in [0.4, 0.5) is 13.2 Å². The number of nitrogens with zero attached hydrogens (tertiary/aromatic N) is 2. The van der Waals surface area contributed by atoms with E-state index in [-0.39, 0.29) is 5.56 Å². The number of benzene rings is 1.